The minimum Gasteiger partial charge on any atom is -0.330 e. The van der Waals surface area contributed by atoms with E-state index in [-0.39, 0.29) is 6.04 Å². The largest absolute Gasteiger partial charge is 0.330 e. The van der Waals surface area contributed by atoms with Gasteiger partial charge < -0.3 is 4.90 Å². The highest BCUT2D eigenvalue weighted by atomic mass is 35.5. The van der Waals surface area contributed by atoms with Gasteiger partial charge in [-0.2, -0.15) is 0 Å². The van der Waals surface area contributed by atoms with Crippen molar-refractivity contribution in [2.45, 2.75) is 25.3 Å². The van der Waals surface area contributed by atoms with Crippen LogP contribution in [0.3, 0.4) is 0 Å². The molecule has 10 heteroatoms. The zero-order chi connectivity index (χ0) is 20.5. The van der Waals surface area contributed by atoms with Crippen LogP contribution >= 0.6 is 11.6 Å². The van der Waals surface area contributed by atoms with E-state index in [0.717, 1.165) is 48.8 Å². The molecule has 9 nitrogen and oxygen atoms in total. The van der Waals surface area contributed by atoms with Crippen LogP contribution in [0, 0.1) is 0 Å². The summed E-state index contributed by atoms with van der Waals surface area (Å²) in [4.78, 5) is 7.93. The van der Waals surface area contributed by atoms with Gasteiger partial charge in [-0.15, -0.1) is 25.2 Å². The number of piperidine rings is 1. The molecule has 3 aromatic heterocycles. The van der Waals surface area contributed by atoms with Gasteiger partial charge in [0.1, 0.15) is 0 Å². The molecule has 1 aliphatic heterocycles. The molecule has 4 aromatic rings. The van der Waals surface area contributed by atoms with Crippen LogP contribution in [-0.4, -0.2) is 46.5 Å². The van der Waals surface area contributed by atoms with E-state index in [2.05, 4.69) is 35.5 Å². The molecule has 0 amide bonds. The van der Waals surface area contributed by atoms with E-state index in [9.17, 15) is 0 Å². The Labute approximate surface area is 178 Å². The van der Waals surface area contributed by atoms with E-state index in [0.29, 0.717) is 10.8 Å². The lowest BCUT2D eigenvalue weighted by molar-refractivity contribution is 0.445. The summed E-state index contributed by atoms with van der Waals surface area (Å²) in [6, 6.07) is 11.3. The van der Waals surface area contributed by atoms with Gasteiger partial charge in [0.25, 0.3) is 0 Å². The highest BCUT2D eigenvalue weighted by Gasteiger charge is 2.31. The second-order valence-electron chi connectivity index (χ2n) is 7.25. The average molecular weight is 422 g/mol. The van der Waals surface area contributed by atoms with Crippen molar-refractivity contribution in [3.8, 4) is 17.1 Å². The molecule has 4 heterocycles. The molecule has 5 rings (SSSR count). The fraction of sp³-hybridized carbons (Fsp3) is 0.300. The molecule has 1 saturated heterocycles. The maximum Gasteiger partial charge on any atom is 0.227 e. The number of nitrogens with zero attached hydrogens (tertiary/aromatic N) is 9. The average Bonchev–Trinajstić information content (AvgIpc) is 3.42. The summed E-state index contributed by atoms with van der Waals surface area (Å²) in [5.74, 6) is 2.23. The molecule has 30 heavy (non-hydrogen) atoms. The number of rotatable bonds is 4. The molecule has 0 aliphatic carbocycles. The number of tetrazole rings is 1. The van der Waals surface area contributed by atoms with Crippen LogP contribution in [-0.2, 0) is 7.05 Å². The van der Waals surface area contributed by atoms with Crippen molar-refractivity contribution in [3.05, 3.63) is 59.6 Å². The molecule has 0 bridgehead atoms. The van der Waals surface area contributed by atoms with Crippen LogP contribution in [0.25, 0.3) is 17.1 Å². The van der Waals surface area contributed by atoms with Crippen LogP contribution < -0.4 is 4.90 Å². The van der Waals surface area contributed by atoms with Gasteiger partial charge in [-0.1, -0.05) is 17.7 Å². The molecule has 0 unspecified atom stereocenters. The lowest BCUT2D eigenvalue weighted by atomic mass is 10.0. The molecular weight excluding hydrogens is 402 g/mol. The molecule has 1 aromatic carbocycles. The fourth-order valence-electron chi connectivity index (χ4n) is 3.83. The van der Waals surface area contributed by atoms with E-state index in [4.69, 9.17) is 11.6 Å². The molecular formula is C20H20ClN9. The predicted octanol–water partition coefficient (Wildman–Crippen LogP) is 3.24. The lowest BCUT2D eigenvalue weighted by Gasteiger charge is -2.34. The van der Waals surface area contributed by atoms with Crippen molar-refractivity contribution in [1.29, 1.82) is 0 Å². The number of halogens is 1. The number of hydrogen-bond donors (Lipinski definition) is 0. The van der Waals surface area contributed by atoms with Gasteiger partial charge in [-0.25, -0.2) is 0 Å². The van der Waals surface area contributed by atoms with E-state index < -0.39 is 0 Å². The fourth-order valence-corrected chi connectivity index (χ4v) is 4.01. The third-order valence-electron chi connectivity index (χ3n) is 5.30. The Hall–Kier alpha value is -3.33. The van der Waals surface area contributed by atoms with Crippen molar-refractivity contribution in [2.75, 3.05) is 11.4 Å². The summed E-state index contributed by atoms with van der Waals surface area (Å²) < 4.78 is 2.00. The summed E-state index contributed by atoms with van der Waals surface area (Å²) in [7, 11) is 1.97. The van der Waals surface area contributed by atoms with Crippen LogP contribution in [0.15, 0.2) is 48.8 Å². The summed E-state index contributed by atoms with van der Waals surface area (Å²) in [6.07, 6.45) is 6.64. The number of hydrogen-bond acceptors (Lipinski definition) is 7. The minimum absolute atomic E-state index is 0.0173. The Morgan fingerprint density at radius 2 is 2.00 bits per heavy atom. The highest BCUT2D eigenvalue weighted by Crippen LogP contribution is 2.33. The van der Waals surface area contributed by atoms with Gasteiger partial charge >= 0.3 is 0 Å². The second-order valence-corrected chi connectivity index (χ2v) is 7.68. The summed E-state index contributed by atoms with van der Waals surface area (Å²) in [5.41, 5.74) is 1.71. The van der Waals surface area contributed by atoms with E-state index in [1.54, 1.807) is 12.4 Å². The number of anilines is 1. The summed E-state index contributed by atoms with van der Waals surface area (Å²) in [5, 5.41) is 22.8. The number of pyridine rings is 1. The van der Waals surface area contributed by atoms with Gasteiger partial charge in [-0.3, -0.25) is 9.55 Å². The van der Waals surface area contributed by atoms with Gasteiger partial charge in [0.15, 0.2) is 11.6 Å². The Bertz CT molecular complexity index is 1150. The minimum atomic E-state index is -0.0173. The van der Waals surface area contributed by atoms with Crippen LogP contribution in [0.1, 0.15) is 31.1 Å². The van der Waals surface area contributed by atoms with E-state index in [1.807, 2.05) is 48.0 Å². The third kappa shape index (κ3) is 3.41. The molecule has 0 radical (unpaired) electrons. The Kier molecular flexibility index (Phi) is 4.88. The van der Waals surface area contributed by atoms with Crippen molar-refractivity contribution in [2.24, 2.45) is 7.05 Å². The Morgan fingerprint density at radius 3 is 2.83 bits per heavy atom. The maximum atomic E-state index is 6.10. The van der Waals surface area contributed by atoms with Gasteiger partial charge in [0, 0.05) is 36.6 Å². The first kappa shape index (κ1) is 18.7. The number of aromatic nitrogens is 8. The summed E-state index contributed by atoms with van der Waals surface area (Å²) >= 11 is 6.10. The zero-order valence-electron chi connectivity index (χ0n) is 16.4. The van der Waals surface area contributed by atoms with E-state index >= 15 is 0 Å². The quantitative estimate of drug-likeness (QED) is 0.499. The first-order valence-corrected chi connectivity index (χ1v) is 10.2. The van der Waals surface area contributed by atoms with Gasteiger partial charge in [0.2, 0.25) is 5.95 Å². The van der Waals surface area contributed by atoms with Crippen molar-refractivity contribution in [1.82, 2.24) is 40.0 Å². The lowest BCUT2D eigenvalue weighted by Crippen LogP contribution is -2.36. The molecule has 1 aliphatic rings. The van der Waals surface area contributed by atoms with Crippen molar-refractivity contribution >= 4 is 17.5 Å². The van der Waals surface area contributed by atoms with Gasteiger partial charge in [0.05, 0.1) is 11.7 Å². The summed E-state index contributed by atoms with van der Waals surface area (Å²) in [6.45, 7) is 0.857. The smallest absolute Gasteiger partial charge is 0.227 e. The van der Waals surface area contributed by atoms with E-state index in [1.165, 1.54) is 4.80 Å². The van der Waals surface area contributed by atoms with Gasteiger partial charge in [-0.05, 0) is 54.8 Å². The predicted molar refractivity (Wildman–Crippen MR) is 112 cm³/mol. The van der Waals surface area contributed by atoms with Crippen LogP contribution in [0.5, 0.6) is 0 Å². The third-order valence-corrected chi connectivity index (χ3v) is 5.53. The maximum absolute atomic E-state index is 6.10. The SMILES string of the molecule is Cn1c(-c2cccnc2)nnc1N1CCCC[C@@H]1c1nnn(-c2cccc(Cl)c2)n1. The van der Waals surface area contributed by atoms with Crippen LogP contribution in [0.4, 0.5) is 5.95 Å². The normalized spacial score (nSPS) is 16.7. The Balaban J connectivity index is 1.47. The zero-order valence-corrected chi connectivity index (χ0v) is 17.2. The molecule has 1 fully saturated rings. The second kappa shape index (κ2) is 7.83. The molecule has 1 atom stereocenters. The molecule has 152 valence electrons. The number of benzene rings is 1. The van der Waals surface area contributed by atoms with Crippen molar-refractivity contribution < 1.29 is 0 Å². The van der Waals surface area contributed by atoms with Crippen LogP contribution in [0.2, 0.25) is 5.02 Å². The first-order valence-electron chi connectivity index (χ1n) is 9.83. The van der Waals surface area contributed by atoms with Crippen molar-refractivity contribution in [3.63, 3.8) is 0 Å². The topological polar surface area (TPSA) is 90.4 Å². The first-order chi connectivity index (χ1) is 14.7. The Morgan fingerprint density at radius 1 is 1.07 bits per heavy atom. The molecule has 0 N–H and O–H groups in total. The highest BCUT2D eigenvalue weighted by molar-refractivity contribution is 6.30. The molecule has 0 spiro atoms. The monoisotopic (exact) mass is 421 g/mol. The standard InChI is InChI=1S/C20H20ClN9/c1-28-19(14-6-5-10-22-13-14)24-25-20(28)29-11-3-2-9-17(29)18-23-27-30(26-18)16-8-4-7-15(21)12-16/h4-8,10,12-13,17H,2-3,9,11H2,1H3/t17-/m1/s1. The molecule has 0 saturated carbocycles.